The number of methoxy groups -OCH3 is 1. The van der Waals surface area contributed by atoms with Gasteiger partial charge in [-0.3, -0.25) is 4.79 Å². The summed E-state index contributed by atoms with van der Waals surface area (Å²) in [6, 6.07) is 0. The molecule has 0 N–H and O–H groups in total. The van der Waals surface area contributed by atoms with Crippen molar-refractivity contribution < 1.29 is 19.0 Å². The van der Waals surface area contributed by atoms with Crippen LogP contribution >= 0.6 is 0 Å². The maximum Gasteiger partial charge on any atom is 0.305 e. The number of hydrogen-bond acceptors (Lipinski definition) is 4. The van der Waals surface area contributed by atoms with Crippen molar-refractivity contribution in [2.45, 2.75) is 122 Å². The van der Waals surface area contributed by atoms with Gasteiger partial charge in [0.15, 0.2) is 5.79 Å². The lowest BCUT2D eigenvalue weighted by Gasteiger charge is -2.16. The fourth-order valence-corrected chi connectivity index (χ4v) is 3.59. The quantitative estimate of drug-likeness (QED) is 0.293. The highest BCUT2D eigenvalue weighted by atomic mass is 16.7. The van der Waals surface area contributed by atoms with Crippen molar-refractivity contribution >= 4 is 5.97 Å². The third kappa shape index (κ3) is 10.2. The van der Waals surface area contributed by atoms with Gasteiger partial charge in [0, 0.05) is 6.42 Å². The van der Waals surface area contributed by atoms with Crippen LogP contribution in [0.5, 0.6) is 0 Å². The highest BCUT2D eigenvalue weighted by molar-refractivity contribution is 5.69. The van der Waals surface area contributed by atoms with Gasteiger partial charge in [-0.1, -0.05) is 71.1 Å². The van der Waals surface area contributed by atoms with E-state index >= 15 is 0 Å². The van der Waals surface area contributed by atoms with E-state index in [4.69, 9.17) is 14.2 Å². The summed E-state index contributed by atoms with van der Waals surface area (Å²) in [5.41, 5.74) is 0. The summed E-state index contributed by atoms with van der Waals surface area (Å²) in [4.78, 5) is 11.4. The molecule has 0 unspecified atom stereocenters. The molecule has 2 atom stereocenters. The van der Waals surface area contributed by atoms with Crippen molar-refractivity contribution in [3.8, 4) is 0 Å². The summed E-state index contributed by atoms with van der Waals surface area (Å²) >= 11 is 0. The van der Waals surface area contributed by atoms with E-state index in [2.05, 4.69) is 6.92 Å². The Kier molecular flexibility index (Phi) is 11.4. The minimum Gasteiger partial charge on any atom is -0.469 e. The molecule has 0 aromatic rings. The summed E-state index contributed by atoms with van der Waals surface area (Å²) in [6.07, 6.45) is 15.6. The summed E-state index contributed by atoms with van der Waals surface area (Å²) in [7, 11) is 1.43. The van der Waals surface area contributed by atoms with Crippen molar-refractivity contribution in [3.05, 3.63) is 0 Å². The number of rotatable bonds is 14. The van der Waals surface area contributed by atoms with Gasteiger partial charge < -0.3 is 14.2 Å². The molecule has 0 saturated carbocycles. The molecule has 1 aliphatic rings. The smallest absolute Gasteiger partial charge is 0.305 e. The minimum absolute atomic E-state index is 0.00710. The molecule has 4 nitrogen and oxygen atoms in total. The van der Waals surface area contributed by atoms with Gasteiger partial charge in [0.05, 0.1) is 19.3 Å². The van der Waals surface area contributed by atoms with E-state index in [0.717, 1.165) is 6.42 Å². The Labute approximate surface area is 155 Å². The summed E-state index contributed by atoms with van der Waals surface area (Å²) in [5.74, 6) is -0.713. The predicted molar refractivity (Wildman–Crippen MR) is 102 cm³/mol. The molecule has 0 aromatic carbocycles. The summed E-state index contributed by atoms with van der Waals surface area (Å²) in [6.45, 7) is 6.17. The molecule has 1 heterocycles. The summed E-state index contributed by atoms with van der Waals surface area (Å²) in [5, 5.41) is 0. The summed E-state index contributed by atoms with van der Waals surface area (Å²) < 4.78 is 16.7. The largest absolute Gasteiger partial charge is 0.469 e. The maximum atomic E-state index is 11.4. The molecule has 0 aliphatic carbocycles. The molecular weight excluding hydrogens is 316 g/mol. The average molecular weight is 357 g/mol. The van der Waals surface area contributed by atoms with Crippen LogP contribution in [0.2, 0.25) is 0 Å². The highest BCUT2D eigenvalue weighted by Crippen LogP contribution is 2.33. The Morgan fingerprint density at radius 3 is 1.84 bits per heavy atom. The van der Waals surface area contributed by atoms with E-state index in [1.54, 1.807) is 0 Å². The average Bonchev–Trinajstić information content (AvgIpc) is 2.88. The van der Waals surface area contributed by atoms with Gasteiger partial charge in [-0.2, -0.15) is 0 Å². The highest BCUT2D eigenvalue weighted by Gasteiger charge is 2.40. The van der Waals surface area contributed by atoms with E-state index in [0.29, 0.717) is 12.8 Å². The van der Waals surface area contributed by atoms with Gasteiger partial charge in [-0.05, 0) is 26.7 Å². The second-order valence-electron chi connectivity index (χ2n) is 7.80. The van der Waals surface area contributed by atoms with Crippen molar-refractivity contribution in [1.82, 2.24) is 0 Å². The molecule has 1 saturated heterocycles. The number of unbranched alkanes of at least 4 members (excludes halogenated alkanes) is 9. The molecule has 1 rings (SSSR count). The Bertz CT molecular complexity index is 354. The van der Waals surface area contributed by atoms with E-state index in [9.17, 15) is 4.79 Å². The molecule has 148 valence electrons. The van der Waals surface area contributed by atoms with E-state index in [-0.39, 0.29) is 18.2 Å². The molecule has 4 heteroatoms. The Morgan fingerprint density at radius 2 is 1.32 bits per heavy atom. The number of ether oxygens (including phenoxy) is 3. The van der Waals surface area contributed by atoms with Crippen LogP contribution in [0.3, 0.4) is 0 Å². The number of carbonyl (C=O) groups excluding carboxylic acids is 1. The maximum absolute atomic E-state index is 11.4. The third-order valence-electron chi connectivity index (χ3n) is 4.99. The van der Waals surface area contributed by atoms with Crippen LogP contribution in [0, 0.1) is 0 Å². The SMILES string of the molecule is CCCCCCCCCCCC[C@H]1OC(C)(C)O[C@H]1CCC(=O)OC. The van der Waals surface area contributed by atoms with Crippen LogP contribution in [0.15, 0.2) is 0 Å². The van der Waals surface area contributed by atoms with Crippen molar-refractivity contribution in [2.75, 3.05) is 7.11 Å². The first kappa shape index (κ1) is 22.4. The van der Waals surface area contributed by atoms with Gasteiger partial charge in [0.1, 0.15) is 0 Å². The number of esters is 1. The van der Waals surface area contributed by atoms with Gasteiger partial charge in [-0.15, -0.1) is 0 Å². The molecular formula is C21H40O4. The van der Waals surface area contributed by atoms with Crippen LogP contribution < -0.4 is 0 Å². The molecule has 1 fully saturated rings. The molecule has 0 spiro atoms. The fraction of sp³-hybridized carbons (Fsp3) is 0.952. The second-order valence-corrected chi connectivity index (χ2v) is 7.80. The van der Waals surface area contributed by atoms with Gasteiger partial charge in [-0.25, -0.2) is 0 Å². The fourth-order valence-electron chi connectivity index (χ4n) is 3.59. The Hall–Kier alpha value is -0.610. The molecule has 0 aromatic heterocycles. The lowest BCUT2D eigenvalue weighted by Crippen LogP contribution is -2.23. The Morgan fingerprint density at radius 1 is 0.840 bits per heavy atom. The van der Waals surface area contributed by atoms with Crippen molar-refractivity contribution in [2.24, 2.45) is 0 Å². The van der Waals surface area contributed by atoms with Crippen LogP contribution in [0.4, 0.5) is 0 Å². The Balaban J connectivity index is 2.11. The third-order valence-corrected chi connectivity index (χ3v) is 4.99. The molecule has 0 radical (unpaired) electrons. The van der Waals surface area contributed by atoms with Crippen molar-refractivity contribution in [1.29, 1.82) is 0 Å². The monoisotopic (exact) mass is 356 g/mol. The number of hydrogen-bond donors (Lipinski definition) is 0. The van der Waals surface area contributed by atoms with E-state index < -0.39 is 5.79 Å². The lowest BCUT2D eigenvalue weighted by molar-refractivity contribution is -0.150. The molecule has 1 aliphatic heterocycles. The normalized spacial score (nSPS) is 22.2. The minimum atomic E-state index is -0.538. The van der Waals surface area contributed by atoms with Gasteiger partial charge in [0.2, 0.25) is 0 Å². The first-order valence-corrected chi connectivity index (χ1v) is 10.4. The van der Waals surface area contributed by atoms with Crippen molar-refractivity contribution in [3.63, 3.8) is 0 Å². The van der Waals surface area contributed by atoms with Crippen LogP contribution in [-0.2, 0) is 19.0 Å². The molecule has 0 amide bonds. The van der Waals surface area contributed by atoms with E-state index in [1.165, 1.54) is 71.3 Å². The molecule has 25 heavy (non-hydrogen) atoms. The first-order chi connectivity index (χ1) is 12.0. The van der Waals surface area contributed by atoms with Crippen LogP contribution in [-0.4, -0.2) is 31.1 Å². The second kappa shape index (κ2) is 12.7. The van der Waals surface area contributed by atoms with E-state index in [1.807, 2.05) is 13.8 Å². The zero-order valence-corrected chi connectivity index (χ0v) is 17.0. The predicted octanol–water partition coefficient (Wildman–Crippen LogP) is 5.77. The van der Waals surface area contributed by atoms with Gasteiger partial charge in [0.25, 0.3) is 0 Å². The lowest BCUT2D eigenvalue weighted by atomic mass is 10.0. The van der Waals surface area contributed by atoms with Crippen LogP contribution in [0.25, 0.3) is 0 Å². The first-order valence-electron chi connectivity index (χ1n) is 10.4. The van der Waals surface area contributed by atoms with Crippen LogP contribution in [0.1, 0.15) is 104 Å². The zero-order valence-electron chi connectivity index (χ0n) is 17.0. The number of carbonyl (C=O) groups is 1. The molecule has 0 bridgehead atoms. The van der Waals surface area contributed by atoms with Gasteiger partial charge >= 0.3 is 5.97 Å². The zero-order chi connectivity index (χ0) is 18.5. The topological polar surface area (TPSA) is 44.8 Å². The standard InChI is InChI=1S/C21H40O4/c1-5-6-7-8-9-10-11-12-13-14-15-18-19(16-17-20(22)23-4)25-21(2,3)24-18/h18-19H,5-17H2,1-4H3/t18-,19+/m1/s1.